The zero-order chi connectivity index (χ0) is 50.0. The third-order valence-corrected chi connectivity index (χ3v) is 17.8. The number of hydrogen-bond donors (Lipinski definition) is 0. The van der Waals surface area contributed by atoms with E-state index in [2.05, 4.69) is 246 Å². The van der Waals surface area contributed by atoms with Crippen molar-refractivity contribution in [3.8, 4) is 73.2 Å². The molecule has 0 saturated heterocycles. The SMILES string of the molecule is CS1(C)c2ccccc2-c2cc3c(cc21)c1cc(-c2cccc4c(N(c5cccc(-c6ccccc6)c5)c5cccc(-c6ccccc6)c5)cccc24)ccc1n3-c1nc(-c2ccccc2)nc(-c2ccccc2)n1. The van der Waals surface area contributed by atoms with Crippen molar-refractivity contribution in [2.45, 2.75) is 9.79 Å². The van der Waals surface area contributed by atoms with E-state index >= 15 is 0 Å². The second-order valence-corrected chi connectivity index (χ2v) is 23.1. The number of benzene rings is 11. The molecule has 0 spiro atoms. The van der Waals surface area contributed by atoms with Gasteiger partial charge in [0, 0.05) is 48.5 Å². The molecule has 0 bridgehead atoms. The van der Waals surface area contributed by atoms with E-state index in [1.807, 2.05) is 36.4 Å². The predicted octanol–water partition coefficient (Wildman–Crippen LogP) is 18.4. The second-order valence-electron chi connectivity index (χ2n) is 19.6. The average Bonchev–Trinajstić information content (AvgIpc) is 3.93. The maximum atomic E-state index is 5.32. The monoisotopic (exact) mass is 979 g/mol. The quantitative estimate of drug-likeness (QED) is 0.145. The summed E-state index contributed by atoms with van der Waals surface area (Å²) in [6.07, 6.45) is 4.87. The van der Waals surface area contributed by atoms with E-state index in [9.17, 15) is 0 Å². The van der Waals surface area contributed by atoms with E-state index in [0.717, 1.165) is 72.2 Å². The molecule has 1 aliphatic heterocycles. The number of aromatic nitrogens is 4. The number of anilines is 3. The summed E-state index contributed by atoms with van der Waals surface area (Å²) < 4.78 is 2.27. The second kappa shape index (κ2) is 18.0. The smallest absolute Gasteiger partial charge is 0.238 e. The number of fused-ring (bicyclic) bond motifs is 7. The molecule has 0 unspecified atom stereocenters. The zero-order valence-electron chi connectivity index (χ0n) is 41.5. The molecule has 3 heterocycles. The van der Waals surface area contributed by atoms with E-state index in [1.165, 1.54) is 42.8 Å². The molecule has 5 nitrogen and oxygen atoms in total. The van der Waals surface area contributed by atoms with Crippen LogP contribution >= 0.6 is 10.0 Å². The Balaban J connectivity index is 0.984. The van der Waals surface area contributed by atoms with Crippen LogP contribution in [-0.4, -0.2) is 32.0 Å². The Morgan fingerprint density at radius 1 is 0.320 bits per heavy atom. The van der Waals surface area contributed by atoms with Gasteiger partial charge in [0.15, 0.2) is 11.6 Å². The van der Waals surface area contributed by atoms with Crippen LogP contribution in [0.3, 0.4) is 0 Å². The molecule has 13 aromatic rings. The summed E-state index contributed by atoms with van der Waals surface area (Å²) in [6, 6.07) is 93.9. The first-order valence-corrected chi connectivity index (χ1v) is 27.9. The van der Waals surface area contributed by atoms with Crippen LogP contribution < -0.4 is 4.90 Å². The van der Waals surface area contributed by atoms with E-state index in [-0.39, 0.29) is 0 Å². The van der Waals surface area contributed by atoms with Gasteiger partial charge in [0.2, 0.25) is 5.95 Å². The normalized spacial score (nSPS) is 12.9. The van der Waals surface area contributed by atoms with Gasteiger partial charge < -0.3 is 4.90 Å². The fraction of sp³-hybridized carbons (Fsp3) is 0.0290. The first-order chi connectivity index (χ1) is 36.9. The summed E-state index contributed by atoms with van der Waals surface area (Å²) in [4.78, 5) is 21.0. The van der Waals surface area contributed by atoms with Crippen LogP contribution in [0.4, 0.5) is 17.1 Å². The molecule has 6 heteroatoms. The molecule has 0 saturated carbocycles. The van der Waals surface area contributed by atoms with Crippen molar-refractivity contribution in [3.05, 3.63) is 261 Å². The topological polar surface area (TPSA) is 46.8 Å². The number of hydrogen-bond acceptors (Lipinski definition) is 4. The molecule has 0 amide bonds. The van der Waals surface area contributed by atoms with E-state index in [4.69, 9.17) is 15.0 Å². The minimum atomic E-state index is -1.31. The number of rotatable bonds is 9. The molecule has 0 radical (unpaired) electrons. The third kappa shape index (κ3) is 7.60. The van der Waals surface area contributed by atoms with Gasteiger partial charge in [-0.3, -0.25) is 4.57 Å². The van der Waals surface area contributed by atoms with Gasteiger partial charge in [-0.05, 0) is 123 Å². The minimum Gasteiger partial charge on any atom is -0.310 e. The van der Waals surface area contributed by atoms with Crippen molar-refractivity contribution >= 4 is 59.7 Å². The van der Waals surface area contributed by atoms with Crippen LogP contribution in [0.25, 0.3) is 106 Å². The van der Waals surface area contributed by atoms with Gasteiger partial charge in [0.05, 0.1) is 16.7 Å². The summed E-state index contributed by atoms with van der Waals surface area (Å²) in [5, 5.41) is 4.64. The summed E-state index contributed by atoms with van der Waals surface area (Å²) in [6.45, 7) is 0. The fourth-order valence-electron chi connectivity index (χ4n) is 11.3. The lowest BCUT2D eigenvalue weighted by atomic mass is 9.95. The molecule has 0 fully saturated rings. The lowest BCUT2D eigenvalue weighted by Gasteiger charge is -2.28. The Labute approximate surface area is 438 Å². The molecule has 356 valence electrons. The van der Waals surface area contributed by atoms with Gasteiger partial charge in [0.25, 0.3) is 0 Å². The molecule has 11 aromatic carbocycles. The van der Waals surface area contributed by atoms with Crippen LogP contribution in [0.1, 0.15) is 0 Å². The lowest BCUT2D eigenvalue weighted by molar-refractivity contribution is 0.953. The molecule has 14 rings (SSSR count). The molecule has 1 aliphatic rings. The predicted molar refractivity (Wildman–Crippen MR) is 315 cm³/mol. The molecule has 2 aromatic heterocycles. The first-order valence-electron chi connectivity index (χ1n) is 25.4. The van der Waals surface area contributed by atoms with Crippen LogP contribution in [0.15, 0.2) is 271 Å². The zero-order valence-corrected chi connectivity index (χ0v) is 42.3. The van der Waals surface area contributed by atoms with Gasteiger partial charge in [-0.25, -0.2) is 4.98 Å². The molecule has 0 N–H and O–H groups in total. The molecular weight excluding hydrogens is 931 g/mol. The van der Waals surface area contributed by atoms with Crippen molar-refractivity contribution in [1.82, 2.24) is 19.5 Å². The Morgan fingerprint density at radius 2 is 0.827 bits per heavy atom. The van der Waals surface area contributed by atoms with Crippen molar-refractivity contribution < 1.29 is 0 Å². The summed E-state index contributed by atoms with van der Waals surface area (Å²) in [5.41, 5.74) is 16.8. The van der Waals surface area contributed by atoms with E-state index in [1.54, 1.807) is 0 Å². The van der Waals surface area contributed by atoms with Crippen molar-refractivity contribution in [1.29, 1.82) is 0 Å². The highest BCUT2D eigenvalue weighted by Crippen LogP contribution is 2.68. The van der Waals surface area contributed by atoms with Crippen LogP contribution in [0.5, 0.6) is 0 Å². The van der Waals surface area contributed by atoms with Crippen molar-refractivity contribution in [2.24, 2.45) is 0 Å². The summed E-state index contributed by atoms with van der Waals surface area (Å²) in [5.74, 6) is 1.83. The van der Waals surface area contributed by atoms with Gasteiger partial charge in [0.1, 0.15) is 0 Å². The average molecular weight is 980 g/mol. The highest BCUT2D eigenvalue weighted by atomic mass is 32.3. The van der Waals surface area contributed by atoms with Crippen LogP contribution in [0, 0.1) is 0 Å². The van der Waals surface area contributed by atoms with Crippen LogP contribution in [0.2, 0.25) is 0 Å². The Hall–Kier alpha value is -9.36. The van der Waals surface area contributed by atoms with Gasteiger partial charge >= 0.3 is 0 Å². The summed E-state index contributed by atoms with van der Waals surface area (Å²) in [7, 11) is -1.31. The van der Waals surface area contributed by atoms with Crippen LogP contribution in [-0.2, 0) is 0 Å². The lowest BCUT2D eigenvalue weighted by Crippen LogP contribution is -2.11. The van der Waals surface area contributed by atoms with Gasteiger partial charge in [-0.15, -0.1) is 0 Å². The maximum Gasteiger partial charge on any atom is 0.238 e. The highest BCUT2D eigenvalue weighted by molar-refractivity contribution is 8.33. The highest BCUT2D eigenvalue weighted by Gasteiger charge is 2.33. The molecule has 75 heavy (non-hydrogen) atoms. The van der Waals surface area contributed by atoms with Crippen molar-refractivity contribution in [3.63, 3.8) is 0 Å². The largest absolute Gasteiger partial charge is 0.310 e. The van der Waals surface area contributed by atoms with E-state index < -0.39 is 10.0 Å². The van der Waals surface area contributed by atoms with Crippen molar-refractivity contribution in [2.75, 3.05) is 17.4 Å². The van der Waals surface area contributed by atoms with E-state index in [0.29, 0.717) is 17.6 Å². The maximum absolute atomic E-state index is 5.32. The van der Waals surface area contributed by atoms with Gasteiger partial charge in [-0.2, -0.15) is 20.0 Å². The van der Waals surface area contributed by atoms with Gasteiger partial charge in [-0.1, -0.05) is 200 Å². The Morgan fingerprint density at radius 3 is 1.45 bits per heavy atom. The minimum absolute atomic E-state index is 0.579. The molecule has 0 atom stereocenters. The molecular formula is C69H49N5S. The Kier molecular flexibility index (Phi) is 10.6. The summed E-state index contributed by atoms with van der Waals surface area (Å²) >= 11 is 0. The third-order valence-electron chi connectivity index (χ3n) is 14.9. The standard InChI is InChI=1S/C69H49N5S/c1-75(2)65-38-16-15-33-58(65)61-44-64-60(45-66(61)75)59-43-52(39-40-63(59)74(64)69-71-67(48-25-11-5-12-26-48)70-68(72-69)49-27-13-6-14-28-49)55-34-19-36-57-56(55)35-20-37-62(57)73(53-31-17-29-50(41-53)46-21-7-3-8-22-46)54-32-18-30-51(42-54)47-23-9-4-10-24-47/h3-45H,1-2H3. The number of nitrogens with zero attached hydrogens (tertiary/aromatic N) is 5. The fourth-order valence-corrected chi connectivity index (χ4v) is 13.8. The Bertz CT molecular complexity index is 4180. The molecule has 0 aliphatic carbocycles. The first kappa shape index (κ1) is 44.3.